The highest BCUT2D eigenvalue weighted by molar-refractivity contribution is 5.96. The van der Waals surface area contributed by atoms with E-state index in [1.165, 1.54) is 0 Å². The van der Waals surface area contributed by atoms with E-state index in [-0.39, 0.29) is 18.4 Å². The van der Waals surface area contributed by atoms with Crippen LogP contribution in [0.3, 0.4) is 0 Å². The molecular weight excluding hydrogens is 202 g/mol. The third-order valence-corrected chi connectivity index (χ3v) is 1.49. The molecule has 0 unspecified atom stereocenters. The zero-order valence-corrected chi connectivity index (χ0v) is 9.82. The van der Waals surface area contributed by atoms with E-state index in [2.05, 4.69) is 17.2 Å². The summed E-state index contributed by atoms with van der Waals surface area (Å²) in [6.45, 7) is 2.82. The lowest BCUT2D eigenvalue weighted by molar-refractivity contribution is 0.599. The van der Waals surface area contributed by atoms with Crippen molar-refractivity contribution in [3.05, 3.63) is 0 Å². The van der Waals surface area contributed by atoms with E-state index in [4.69, 9.17) is 11.1 Å². The van der Waals surface area contributed by atoms with Gasteiger partial charge in [0.2, 0.25) is 0 Å². The molecule has 0 aliphatic carbocycles. The summed E-state index contributed by atoms with van der Waals surface area (Å²) in [6, 6.07) is 0. The van der Waals surface area contributed by atoms with E-state index in [1.54, 1.807) is 19.0 Å². The number of nitrogens with two attached hydrogens (primary N) is 1. The van der Waals surface area contributed by atoms with Gasteiger partial charge in [-0.1, -0.05) is 13.3 Å². The molecular formula is C8H20ClN5. The van der Waals surface area contributed by atoms with Gasteiger partial charge in [-0.2, -0.15) is 0 Å². The summed E-state index contributed by atoms with van der Waals surface area (Å²) in [4.78, 5) is 5.68. The molecule has 6 heteroatoms. The fourth-order valence-electron chi connectivity index (χ4n) is 0.630. The van der Waals surface area contributed by atoms with Crippen LogP contribution in [0.15, 0.2) is 4.99 Å². The van der Waals surface area contributed by atoms with Crippen LogP contribution in [0, 0.1) is 5.41 Å². The normalized spacial score (nSPS) is 10.4. The Bertz CT molecular complexity index is 190. The van der Waals surface area contributed by atoms with E-state index in [1.807, 2.05) is 0 Å². The van der Waals surface area contributed by atoms with Gasteiger partial charge in [-0.15, -0.1) is 12.4 Å². The van der Waals surface area contributed by atoms with Gasteiger partial charge < -0.3 is 10.6 Å². The molecule has 0 aliphatic rings. The number of guanidine groups is 2. The molecule has 0 saturated heterocycles. The highest BCUT2D eigenvalue weighted by Crippen LogP contribution is 1.85. The Morgan fingerprint density at radius 1 is 1.50 bits per heavy atom. The lowest BCUT2D eigenvalue weighted by Gasteiger charge is -2.14. The van der Waals surface area contributed by atoms with Gasteiger partial charge in [0, 0.05) is 20.6 Å². The predicted octanol–water partition coefficient (Wildman–Crippen LogP) is 0.609. The minimum absolute atomic E-state index is 0. The van der Waals surface area contributed by atoms with E-state index in [0.717, 1.165) is 19.4 Å². The minimum atomic E-state index is 0. The second-order valence-electron chi connectivity index (χ2n) is 2.99. The van der Waals surface area contributed by atoms with Gasteiger partial charge in [-0.3, -0.25) is 15.7 Å². The first-order valence-corrected chi connectivity index (χ1v) is 4.40. The Labute approximate surface area is 91.7 Å². The Morgan fingerprint density at radius 2 is 2.07 bits per heavy atom. The van der Waals surface area contributed by atoms with Gasteiger partial charge in [0.1, 0.15) is 0 Å². The van der Waals surface area contributed by atoms with Gasteiger partial charge in [0.15, 0.2) is 11.9 Å². The molecule has 0 heterocycles. The zero-order chi connectivity index (χ0) is 10.3. The van der Waals surface area contributed by atoms with Gasteiger partial charge in [-0.25, -0.2) is 0 Å². The maximum atomic E-state index is 7.41. The molecule has 5 nitrogen and oxygen atoms in total. The second kappa shape index (κ2) is 8.62. The Hall–Kier alpha value is -0.970. The average Bonchev–Trinajstić information content (AvgIpc) is 2.04. The van der Waals surface area contributed by atoms with Crippen LogP contribution in [0.4, 0.5) is 0 Å². The van der Waals surface area contributed by atoms with Gasteiger partial charge in [0.05, 0.1) is 0 Å². The molecule has 0 amide bonds. The maximum Gasteiger partial charge on any atom is 0.197 e. The highest BCUT2D eigenvalue weighted by atomic mass is 35.5. The molecule has 0 spiro atoms. The van der Waals surface area contributed by atoms with Crippen molar-refractivity contribution >= 4 is 24.3 Å². The van der Waals surface area contributed by atoms with E-state index in [9.17, 15) is 0 Å². The maximum absolute atomic E-state index is 7.41. The number of halogens is 1. The monoisotopic (exact) mass is 221 g/mol. The topological polar surface area (TPSA) is 77.5 Å². The molecule has 0 radical (unpaired) electrons. The molecule has 0 rings (SSSR count). The summed E-state index contributed by atoms with van der Waals surface area (Å²) in [5.74, 6) is 0.560. The molecule has 0 aromatic carbocycles. The lowest BCUT2D eigenvalue weighted by Crippen LogP contribution is -2.43. The van der Waals surface area contributed by atoms with Crippen LogP contribution in [0.1, 0.15) is 19.8 Å². The van der Waals surface area contributed by atoms with Gasteiger partial charge in [-0.05, 0) is 6.42 Å². The zero-order valence-electron chi connectivity index (χ0n) is 9.00. The Balaban J connectivity index is 0. The van der Waals surface area contributed by atoms with E-state index >= 15 is 0 Å². The number of rotatable bonds is 3. The van der Waals surface area contributed by atoms with Gasteiger partial charge >= 0.3 is 0 Å². The van der Waals surface area contributed by atoms with Crippen molar-refractivity contribution in [1.82, 2.24) is 10.2 Å². The summed E-state index contributed by atoms with van der Waals surface area (Å²) in [6.07, 6.45) is 2.12. The predicted molar refractivity (Wildman–Crippen MR) is 63.2 cm³/mol. The van der Waals surface area contributed by atoms with Crippen molar-refractivity contribution < 1.29 is 0 Å². The molecule has 0 aromatic rings. The first-order valence-electron chi connectivity index (χ1n) is 4.40. The fourth-order valence-corrected chi connectivity index (χ4v) is 0.630. The van der Waals surface area contributed by atoms with Crippen molar-refractivity contribution in [3.63, 3.8) is 0 Å². The Morgan fingerprint density at radius 3 is 2.50 bits per heavy atom. The van der Waals surface area contributed by atoms with E-state index < -0.39 is 0 Å². The number of nitrogens with one attached hydrogen (secondary N) is 2. The van der Waals surface area contributed by atoms with Crippen LogP contribution < -0.4 is 11.1 Å². The van der Waals surface area contributed by atoms with Crippen LogP contribution in [0.5, 0.6) is 0 Å². The van der Waals surface area contributed by atoms with Crippen LogP contribution in [-0.2, 0) is 0 Å². The lowest BCUT2D eigenvalue weighted by atomic mass is 10.3. The number of aliphatic imine (C=N–C) groups is 1. The number of hydrogen-bond donors (Lipinski definition) is 3. The molecule has 0 bridgehead atoms. The van der Waals surface area contributed by atoms with Crippen molar-refractivity contribution in [2.24, 2.45) is 10.7 Å². The standard InChI is InChI=1S/C8H19N5.ClH/c1-4-5-6-11-7(9)12-8(10)13(2)3;/h4-6H2,1-3H3,(H4,9,10,11,12);1H. The quantitative estimate of drug-likeness (QED) is 0.371. The largest absolute Gasteiger partial charge is 0.370 e. The van der Waals surface area contributed by atoms with Crippen molar-refractivity contribution in [2.75, 3.05) is 20.6 Å². The summed E-state index contributed by atoms with van der Waals surface area (Å²) >= 11 is 0. The second-order valence-corrected chi connectivity index (χ2v) is 2.99. The summed E-state index contributed by atoms with van der Waals surface area (Å²) in [7, 11) is 3.54. The smallest absolute Gasteiger partial charge is 0.197 e. The molecule has 0 atom stereocenters. The van der Waals surface area contributed by atoms with Crippen LogP contribution in [0.25, 0.3) is 0 Å². The molecule has 4 N–H and O–H groups in total. The average molecular weight is 222 g/mol. The number of nitrogens with zero attached hydrogens (tertiary/aromatic N) is 2. The van der Waals surface area contributed by atoms with Crippen LogP contribution >= 0.6 is 12.4 Å². The first-order chi connectivity index (χ1) is 6.07. The Kier molecular flexibility index (Phi) is 9.54. The number of unbranched alkanes of at least 4 members (excludes halogenated alkanes) is 1. The van der Waals surface area contributed by atoms with Gasteiger partial charge in [0.25, 0.3) is 0 Å². The highest BCUT2D eigenvalue weighted by Gasteiger charge is 1.98. The summed E-state index contributed by atoms with van der Waals surface area (Å²) in [5, 5.41) is 10.1. The van der Waals surface area contributed by atoms with Crippen molar-refractivity contribution in [3.8, 4) is 0 Å². The fraction of sp³-hybridized carbons (Fsp3) is 0.750. The van der Waals surface area contributed by atoms with Crippen molar-refractivity contribution in [2.45, 2.75) is 19.8 Å². The van der Waals surface area contributed by atoms with E-state index in [0.29, 0.717) is 5.96 Å². The minimum Gasteiger partial charge on any atom is -0.370 e. The third kappa shape index (κ3) is 7.67. The van der Waals surface area contributed by atoms with Crippen LogP contribution in [0.2, 0.25) is 0 Å². The molecule has 0 aliphatic heterocycles. The molecule has 0 aromatic heterocycles. The molecule has 0 saturated carbocycles. The third-order valence-electron chi connectivity index (χ3n) is 1.49. The SMILES string of the molecule is CCCCN=C(N)NC(=N)N(C)C.Cl. The van der Waals surface area contributed by atoms with Crippen molar-refractivity contribution in [1.29, 1.82) is 5.41 Å². The summed E-state index contributed by atoms with van der Waals surface area (Å²) in [5.41, 5.74) is 5.52. The first kappa shape index (κ1) is 15.5. The number of hydrogen-bond acceptors (Lipinski definition) is 2. The summed E-state index contributed by atoms with van der Waals surface area (Å²) < 4.78 is 0. The van der Waals surface area contributed by atoms with Crippen LogP contribution in [-0.4, -0.2) is 37.5 Å². The molecule has 84 valence electrons. The molecule has 0 fully saturated rings. The molecule has 14 heavy (non-hydrogen) atoms.